The predicted octanol–water partition coefficient (Wildman–Crippen LogP) is 14.4. The molecule has 0 radical (unpaired) electrons. The highest BCUT2D eigenvalue weighted by Crippen LogP contribution is 2.41. The Balaban J connectivity index is 1.07. The fourth-order valence-corrected chi connectivity index (χ4v) is 7.74. The number of furan rings is 1. The van der Waals surface area contributed by atoms with E-state index in [0.717, 1.165) is 50.1 Å². The molecule has 0 saturated heterocycles. The number of nitrogens with zero attached hydrogens (tertiary/aromatic N) is 1. The molecule has 244 valence electrons. The fraction of sp³-hybridized carbons (Fsp3) is 0. The van der Waals surface area contributed by atoms with Crippen LogP contribution >= 0.6 is 0 Å². The third kappa shape index (κ3) is 5.12. The molecule has 52 heavy (non-hydrogen) atoms. The molecule has 9 aromatic carbocycles. The first kappa shape index (κ1) is 30.0. The Bertz CT molecular complexity index is 2870. The predicted molar refractivity (Wildman–Crippen MR) is 220 cm³/mol. The highest BCUT2D eigenvalue weighted by molar-refractivity contribution is 6.14. The first-order valence-electron chi connectivity index (χ1n) is 17.8. The van der Waals surface area contributed by atoms with Gasteiger partial charge in [-0.25, -0.2) is 0 Å². The Kier molecular flexibility index (Phi) is 7.18. The van der Waals surface area contributed by atoms with Crippen LogP contribution in [0.5, 0.6) is 0 Å². The summed E-state index contributed by atoms with van der Waals surface area (Å²) in [6.45, 7) is 0. The third-order valence-corrected chi connectivity index (χ3v) is 10.3. The molecule has 0 atom stereocenters. The molecule has 10 aromatic rings. The summed E-state index contributed by atoms with van der Waals surface area (Å²) in [5.41, 5.74) is 12.1. The summed E-state index contributed by atoms with van der Waals surface area (Å²) >= 11 is 0. The maximum Gasteiger partial charge on any atom is 0.143 e. The SMILES string of the molecule is c1ccc(-c2ccc(N(c3ccc(-c4cccc5c4oc4ccccc45)cc3)c3ccc(-c4cccc5ccc6ccccc6c45)cc3)cc2)cc1. The van der Waals surface area contributed by atoms with Crippen LogP contribution in [-0.2, 0) is 0 Å². The average Bonchev–Trinajstić information content (AvgIpc) is 3.61. The van der Waals surface area contributed by atoms with Crippen molar-refractivity contribution in [3.8, 4) is 33.4 Å². The quantitative estimate of drug-likeness (QED) is 0.165. The monoisotopic (exact) mass is 663 g/mol. The van der Waals surface area contributed by atoms with Crippen LogP contribution < -0.4 is 4.90 Å². The largest absolute Gasteiger partial charge is 0.455 e. The minimum absolute atomic E-state index is 0.909. The van der Waals surface area contributed by atoms with Crippen LogP contribution in [0.25, 0.3) is 76.9 Å². The second-order valence-electron chi connectivity index (χ2n) is 13.3. The van der Waals surface area contributed by atoms with Crippen LogP contribution in [0.2, 0.25) is 0 Å². The smallest absolute Gasteiger partial charge is 0.143 e. The van der Waals surface area contributed by atoms with E-state index in [2.05, 4.69) is 193 Å². The van der Waals surface area contributed by atoms with Crippen LogP contribution in [0.3, 0.4) is 0 Å². The van der Waals surface area contributed by atoms with Crippen molar-refractivity contribution in [2.45, 2.75) is 0 Å². The number of anilines is 3. The van der Waals surface area contributed by atoms with Crippen molar-refractivity contribution in [3.05, 3.63) is 200 Å². The molecule has 0 fully saturated rings. The van der Waals surface area contributed by atoms with Gasteiger partial charge in [-0.05, 0) is 91.8 Å². The molecule has 2 heteroatoms. The molecule has 0 unspecified atom stereocenters. The number of hydrogen-bond acceptors (Lipinski definition) is 2. The summed E-state index contributed by atoms with van der Waals surface area (Å²) in [6.07, 6.45) is 0. The number of para-hydroxylation sites is 2. The summed E-state index contributed by atoms with van der Waals surface area (Å²) in [5, 5.41) is 7.34. The van der Waals surface area contributed by atoms with E-state index in [0.29, 0.717) is 0 Å². The molecule has 0 bridgehead atoms. The van der Waals surface area contributed by atoms with Gasteiger partial charge < -0.3 is 9.32 Å². The molecule has 0 amide bonds. The zero-order valence-corrected chi connectivity index (χ0v) is 28.4. The van der Waals surface area contributed by atoms with Gasteiger partial charge >= 0.3 is 0 Å². The van der Waals surface area contributed by atoms with E-state index in [4.69, 9.17) is 4.42 Å². The van der Waals surface area contributed by atoms with Crippen molar-refractivity contribution in [2.75, 3.05) is 4.90 Å². The fourth-order valence-electron chi connectivity index (χ4n) is 7.74. The van der Waals surface area contributed by atoms with E-state index in [-0.39, 0.29) is 0 Å². The molecule has 1 heterocycles. The minimum atomic E-state index is 0.909. The second kappa shape index (κ2) is 12.5. The zero-order valence-electron chi connectivity index (χ0n) is 28.4. The molecule has 10 rings (SSSR count). The van der Waals surface area contributed by atoms with E-state index >= 15 is 0 Å². The summed E-state index contributed by atoms with van der Waals surface area (Å²) in [4.78, 5) is 2.34. The second-order valence-corrected chi connectivity index (χ2v) is 13.3. The van der Waals surface area contributed by atoms with Crippen molar-refractivity contribution in [3.63, 3.8) is 0 Å². The Morgan fingerprint density at radius 2 is 0.808 bits per heavy atom. The van der Waals surface area contributed by atoms with Crippen LogP contribution in [0, 0.1) is 0 Å². The van der Waals surface area contributed by atoms with E-state index in [1.165, 1.54) is 43.8 Å². The summed E-state index contributed by atoms with van der Waals surface area (Å²) < 4.78 is 6.39. The molecule has 1 aromatic heterocycles. The van der Waals surface area contributed by atoms with Crippen molar-refractivity contribution in [1.29, 1.82) is 0 Å². The van der Waals surface area contributed by atoms with Gasteiger partial charge in [0.05, 0.1) is 0 Å². The highest BCUT2D eigenvalue weighted by Gasteiger charge is 2.16. The minimum Gasteiger partial charge on any atom is -0.455 e. The van der Waals surface area contributed by atoms with Crippen molar-refractivity contribution in [2.24, 2.45) is 0 Å². The van der Waals surface area contributed by atoms with E-state index in [9.17, 15) is 0 Å². The molecule has 2 nitrogen and oxygen atoms in total. The van der Waals surface area contributed by atoms with Gasteiger partial charge in [-0.15, -0.1) is 0 Å². The maximum absolute atomic E-state index is 6.39. The summed E-state index contributed by atoms with van der Waals surface area (Å²) in [7, 11) is 0. The normalized spacial score (nSPS) is 11.5. The lowest BCUT2D eigenvalue weighted by molar-refractivity contribution is 0.670. The average molecular weight is 664 g/mol. The zero-order chi connectivity index (χ0) is 34.4. The van der Waals surface area contributed by atoms with Crippen LogP contribution in [0.1, 0.15) is 0 Å². The Morgan fingerprint density at radius 3 is 1.54 bits per heavy atom. The van der Waals surface area contributed by atoms with Crippen molar-refractivity contribution < 1.29 is 4.42 Å². The summed E-state index contributed by atoms with van der Waals surface area (Å²) in [5.74, 6) is 0. The van der Waals surface area contributed by atoms with Gasteiger partial charge in [0.1, 0.15) is 11.2 Å². The van der Waals surface area contributed by atoms with E-state index in [1.54, 1.807) is 0 Å². The van der Waals surface area contributed by atoms with Crippen LogP contribution in [0.4, 0.5) is 17.1 Å². The molecule has 0 N–H and O–H groups in total. The van der Waals surface area contributed by atoms with E-state index < -0.39 is 0 Å². The van der Waals surface area contributed by atoms with Gasteiger partial charge in [0, 0.05) is 33.4 Å². The van der Waals surface area contributed by atoms with Gasteiger partial charge in [0.25, 0.3) is 0 Å². The number of benzene rings is 9. The lowest BCUT2D eigenvalue weighted by Crippen LogP contribution is -2.09. The molecule has 0 aliphatic rings. The van der Waals surface area contributed by atoms with Crippen molar-refractivity contribution >= 4 is 60.5 Å². The van der Waals surface area contributed by atoms with Crippen LogP contribution in [-0.4, -0.2) is 0 Å². The first-order chi connectivity index (χ1) is 25.8. The Morgan fingerprint density at radius 1 is 0.308 bits per heavy atom. The number of hydrogen-bond donors (Lipinski definition) is 0. The topological polar surface area (TPSA) is 16.4 Å². The molecule has 0 aliphatic heterocycles. The van der Waals surface area contributed by atoms with Crippen molar-refractivity contribution in [1.82, 2.24) is 0 Å². The Labute approximate surface area is 302 Å². The number of fused-ring (bicyclic) bond motifs is 6. The standard InChI is InChI=1S/C50H33NO/c1-2-10-34(11-3-1)35-22-28-40(29-23-35)51(42-32-26-38(27-33-42)45-17-9-18-47-46-15-6-7-19-48(46)52-50(45)47)41-30-24-37(25-31-41)44-16-8-13-39-21-20-36-12-4-5-14-43(36)49(39)44/h1-33H. The molecule has 0 spiro atoms. The van der Waals surface area contributed by atoms with Gasteiger partial charge in [-0.2, -0.15) is 0 Å². The first-order valence-corrected chi connectivity index (χ1v) is 17.8. The van der Waals surface area contributed by atoms with Gasteiger partial charge in [-0.3, -0.25) is 0 Å². The Hall–Kier alpha value is -6.90. The maximum atomic E-state index is 6.39. The number of rotatable bonds is 6. The summed E-state index contributed by atoms with van der Waals surface area (Å²) in [6, 6.07) is 71.6. The molecular formula is C50H33NO. The van der Waals surface area contributed by atoms with Gasteiger partial charge in [-0.1, -0.05) is 158 Å². The lowest BCUT2D eigenvalue weighted by Gasteiger charge is -2.26. The van der Waals surface area contributed by atoms with Crippen LogP contribution in [0.15, 0.2) is 205 Å². The molecule has 0 saturated carbocycles. The lowest BCUT2D eigenvalue weighted by atomic mass is 9.93. The third-order valence-electron chi connectivity index (χ3n) is 10.3. The molecular weight excluding hydrogens is 631 g/mol. The highest BCUT2D eigenvalue weighted by atomic mass is 16.3. The van der Waals surface area contributed by atoms with Gasteiger partial charge in [0.15, 0.2) is 0 Å². The molecule has 0 aliphatic carbocycles. The van der Waals surface area contributed by atoms with Gasteiger partial charge in [0.2, 0.25) is 0 Å². The van der Waals surface area contributed by atoms with E-state index in [1.807, 2.05) is 12.1 Å².